The van der Waals surface area contributed by atoms with Gasteiger partial charge in [-0.05, 0) is 68.9 Å². The van der Waals surface area contributed by atoms with E-state index in [1.54, 1.807) is 18.1 Å². The standard InChI is InChI=1S/C33H48N4O6/c1-8-33(43-31(41)36-28(32(4,5)6)30(40)37-17-16-20(2)27(37)21(3)38)19-22(33)12-10-9-11-13-25-29(39)35-26-18-23(42-7)14-15-24(26)34-25/h14-15,18,20,22,27-28H,8-13,16-17,19H2,1-7H3,(H,35,39)(H,36,41)/t20-,22-,27+,28-,33-/m1/s1. The first kappa shape index (κ1) is 32.5. The van der Waals surface area contributed by atoms with Gasteiger partial charge in [0.25, 0.3) is 5.56 Å². The molecule has 2 aliphatic rings. The molecule has 2 fully saturated rings. The van der Waals surface area contributed by atoms with E-state index in [2.05, 4.69) is 15.3 Å². The Balaban J connectivity index is 1.27. The molecular formula is C33H48N4O6. The Morgan fingerprint density at radius 2 is 1.95 bits per heavy atom. The first-order chi connectivity index (χ1) is 20.3. The second-order valence-corrected chi connectivity index (χ2v) is 13.5. The van der Waals surface area contributed by atoms with Gasteiger partial charge in [0.15, 0.2) is 5.78 Å². The van der Waals surface area contributed by atoms with Crippen molar-refractivity contribution in [1.82, 2.24) is 20.2 Å². The summed E-state index contributed by atoms with van der Waals surface area (Å²) in [5.41, 5.74) is 0.688. The number of aromatic nitrogens is 2. The number of nitrogens with zero attached hydrogens (tertiary/aromatic N) is 2. The van der Waals surface area contributed by atoms with Gasteiger partial charge in [-0.1, -0.05) is 47.5 Å². The molecule has 0 spiro atoms. The summed E-state index contributed by atoms with van der Waals surface area (Å²) in [6.07, 6.45) is 5.97. The number of hydrogen-bond acceptors (Lipinski definition) is 7. The minimum Gasteiger partial charge on any atom is -0.497 e. The molecule has 1 aliphatic heterocycles. The van der Waals surface area contributed by atoms with E-state index in [-0.39, 0.29) is 29.1 Å². The molecule has 4 rings (SSSR count). The van der Waals surface area contributed by atoms with Crippen molar-refractivity contribution in [3.63, 3.8) is 0 Å². The summed E-state index contributed by atoms with van der Waals surface area (Å²) in [7, 11) is 1.58. The first-order valence-electron chi connectivity index (χ1n) is 15.7. The highest BCUT2D eigenvalue weighted by molar-refractivity contribution is 5.92. The molecule has 1 aromatic carbocycles. The Morgan fingerprint density at radius 1 is 1.21 bits per heavy atom. The molecular weight excluding hydrogens is 548 g/mol. The van der Waals surface area contributed by atoms with Crippen LogP contribution >= 0.6 is 0 Å². The van der Waals surface area contributed by atoms with Gasteiger partial charge < -0.3 is 24.7 Å². The molecule has 43 heavy (non-hydrogen) atoms. The van der Waals surface area contributed by atoms with Gasteiger partial charge in [-0.15, -0.1) is 0 Å². The van der Waals surface area contributed by atoms with Crippen LogP contribution in [0.4, 0.5) is 4.79 Å². The van der Waals surface area contributed by atoms with E-state index < -0.39 is 29.2 Å². The Hall–Kier alpha value is -3.43. The van der Waals surface area contributed by atoms with Crippen LogP contribution in [0.25, 0.3) is 11.0 Å². The average Bonchev–Trinajstić information content (AvgIpc) is 3.48. The van der Waals surface area contributed by atoms with Crippen LogP contribution in [0.2, 0.25) is 0 Å². The minimum absolute atomic E-state index is 0.0271. The molecule has 0 radical (unpaired) electrons. The van der Waals surface area contributed by atoms with Gasteiger partial charge in [0.05, 0.1) is 24.2 Å². The van der Waals surface area contributed by atoms with Crippen molar-refractivity contribution in [2.24, 2.45) is 17.3 Å². The smallest absolute Gasteiger partial charge is 0.408 e. The first-order valence-corrected chi connectivity index (χ1v) is 15.7. The Kier molecular flexibility index (Phi) is 9.86. The highest BCUT2D eigenvalue weighted by atomic mass is 16.6. The number of carbonyl (C=O) groups is 3. The van der Waals surface area contributed by atoms with Crippen molar-refractivity contribution in [3.8, 4) is 5.75 Å². The van der Waals surface area contributed by atoms with Gasteiger partial charge in [-0.2, -0.15) is 0 Å². The molecule has 5 atom stereocenters. The van der Waals surface area contributed by atoms with E-state index in [1.165, 1.54) is 6.92 Å². The minimum atomic E-state index is -0.799. The summed E-state index contributed by atoms with van der Waals surface area (Å²) in [5, 5.41) is 2.87. The molecule has 1 aromatic heterocycles. The number of aryl methyl sites for hydroxylation is 1. The number of nitrogens with one attached hydrogen (secondary N) is 2. The highest BCUT2D eigenvalue weighted by Crippen LogP contribution is 2.52. The van der Waals surface area contributed by atoms with Gasteiger partial charge in [-0.3, -0.25) is 14.4 Å². The number of likely N-dealkylation sites (tertiary alicyclic amines) is 1. The van der Waals surface area contributed by atoms with Crippen LogP contribution in [-0.2, 0) is 20.7 Å². The number of aromatic amines is 1. The number of Topliss-reactive ketones (excluding diaryl/α,β-unsaturated/α-hetero) is 1. The summed E-state index contributed by atoms with van der Waals surface area (Å²) in [5.74, 6) is 0.779. The summed E-state index contributed by atoms with van der Waals surface area (Å²) in [4.78, 5) is 60.6. The number of carbonyl (C=O) groups excluding carboxylic acids is 3. The van der Waals surface area contributed by atoms with Crippen molar-refractivity contribution >= 4 is 28.8 Å². The molecule has 0 unspecified atom stereocenters. The fourth-order valence-electron chi connectivity index (χ4n) is 6.57. The van der Waals surface area contributed by atoms with E-state index in [9.17, 15) is 19.2 Å². The number of ketones is 1. The molecule has 2 amide bonds. The second-order valence-electron chi connectivity index (χ2n) is 13.5. The number of methoxy groups -OCH3 is 1. The maximum Gasteiger partial charge on any atom is 0.408 e. The zero-order valence-electron chi connectivity index (χ0n) is 26.7. The molecule has 2 heterocycles. The third-order valence-electron chi connectivity index (χ3n) is 9.28. The topological polar surface area (TPSA) is 131 Å². The van der Waals surface area contributed by atoms with Crippen molar-refractivity contribution < 1.29 is 23.9 Å². The fraction of sp³-hybridized carbons (Fsp3) is 0.667. The Morgan fingerprint density at radius 3 is 2.60 bits per heavy atom. The highest BCUT2D eigenvalue weighted by Gasteiger charge is 2.56. The zero-order chi connectivity index (χ0) is 31.5. The Labute approximate surface area is 254 Å². The van der Waals surface area contributed by atoms with Crippen molar-refractivity contribution in [2.45, 2.75) is 111 Å². The normalized spacial score (nSPS) is 24.1. The van der Waals surface area contributed by atoms with Crippen LogP contribution in [0.1, 0.15) is 92.2 Å². The number of amides is 2. The molecule has 1 aliphatic carbocycles. The number of H-pyrrole nitrogens is 1. The largest absolute Gasteiger partial charge is 0.497 e. The number of fused-ring (bicyclic) bond motifs is 1. The third kappa shape index (κ3) is 7.39. The molecule has 10 heteroatoms. The van der Waals surface area contributed by atoms with Crippen molar-refractivity contribution in [2.75, 3.05) is 13.7 Å². The number of hydrogen-bond donors (Lipinski definition) is 2. The lowest BCUT2D eigenvalue weighted by Gasteiger charge is -2.35. The summed E-state index contributed by atoms with van der Waals surface area (Å²) < 4.78 is 11.2. The SMILES string of the molecule is CC[C@@]1(OC(=O)N[C@H](C(=O)N2CC[C@@H](C)[C@H]2C(C)=O)C(C)(C)C)C[C@H]1CCCCCc1nc2ccc(OC)cc2[nH]c1=O. The summed E-state index contributed by atoms with van der Waals surface area (Å²) in [6, 6.07) is 4.19. The number of benzene rings is 1. The quantitative estimate of drug-likeness (QED) is 0.323. The van der Waals surface area contributed by atoms with E-state index in [1.807, 2.05) is 46.8 Å². The molecule has 10 nitrogen and oxygen atoms in total. The molecule has 236 valence electrons. The fourth-order valence-corrected chi connectivity index (χ4v) is 6.57. The monoisotopic (exact) mass is 596 g/mol. The Bertz CT molecular complexity index is 1400. The van der Waals surface area contributed by atoms with Gasteiger partial charge >= 0.3 is 6.09 Å². The molecule has 1 saturated carbocycles. The van der Waals surface area contributed by atoms with Gasteiger partial charge in [0.1, 0.15) is 23.1 Å². The average molecular weight is 597 g/mol. The van der Waals surface area contributed by atoms with Crippen LogP contribution in [0, 0.1) is 17.3 Å². The van der Waals surface area contributed by atoms with Gasteiger partial charge in [0, 0.05) is 18.5 Å². The lowest BCUT2D eigenvalue weighted by atomic mass is 9.85. The lowest BCUT2D eigenvalue weighted by Crippen LogP contribution is -2.57. The maximum absolute atomic E-state index is 13.6. The number of ether oxygens (including phenoxy) is 2. The third-order valence-corrected chi connectivity index (χ3v) is 9.28. The zero-order valence-corrected chi connectivity index (χ0v) is 26.7. The lowest BCUT2D eigenvalue weighted by molar-refractivity contribution is -0.141. The molecule has 1 saturated heterocycles. The predicted octanol–water partition coefficient (Wildman–Crippen LogP) is 5.17. The van der Waals surface area contributed by atoms with Gasteiger partial charge in [0.2, 0.25) is 5.91 Å². The molecule has 0 bridgehead atoms. The van der Waals surface area contributed by atoms with Crippen LogP contribution < -0.4 is 15.6 Å². The van der Waals surface area contributed by atoms with E-state index in [0.29, 0.717) is 36.3 Å². The van der Waals surface area contributed by atoms with Crippen LogP contribution in [0.5, 0.6) is 5.75 Å². The second kappa shape index (κ2) is 13.1. The van der Waals surface area contributed by atoms with Gasteiger partial charge in [-0.25, -0.2) is 9.78 Å². The molecule has 2 N–H and O–H groups in total. The predicted molar refractivity (Wildman–Crippen MR) is 165 cm³/mol. The van der Waals surface area contributed by atoms with Crippen LogP contribution in [0.15, 0.2) is 23.0 Å². The van der Waals surface area contributed by atoms with E-state index in [4.69, 9.17) is 9.47 Å². The molecule has 2 aromatic rings. The maximum atomic E-state index is 13.6. The van der Waals surface area contributed by atoms with Crippen LogP contribution in [-0.4, -0.2) is 64.0 Å². The van der Waals surface area contributed by atoms with E-state index in [0.717, 1.165) is 44.0 Å². The van der Waals surface area contributed by atoms with Crippen molar-refractivity contribution in [1.29, 1.82) is 0 Å². The van der Waals surface area contributed by atoms with Crippen molar-refractivity contribution in [3.05, 3.63) is 34.2 Å². The van der Waals surface area contributed by atoms with E-state index >= 15 is 0 Å². The summed E-state index contributed by atoms with van der Waals surface area (Å²) in [6.45, 7) is 11.8. The number of unbranched alkanes of at least 4 members (excludes halogenated alkanes) is 2. The number of alkyl carbamates (subject to hydrolysis) is 1. The number of rotatable bonds is 12. The van der Waals surface area contributed by atoms with Crippen LogP contribution in [0.3, 0.4) is 0 Å². The summed E-state index contributed by atoms with van der Waals surface area (Å²) >= 11 is 0.